The lowest BCUT2D eigenvalue weighted by Gasteiger charge is -2.39. The summed E-state index contributed by atoms with van der Waals surface area (Å²) in [6.07, 6.45) is 2.14. The number of hydrogen-bond donors (Lipinski definition) is 2. The fourth-order valence-corrected chi connectivity index (χ4v) is 4.25. The number of aldehydes is 1. The second-order valence-electron chi connectivity index (χ2n) is 9.67. The Hall–Kier alpha value is -3.55. The molecule has 0 aliphatic carbocycles. The molecular weight excluding hydrogens is 555 g/mol. The number of aliphatic hydroxyl groups excluding tert-OH is 1. The van der Waals surface area contributed by atoms with Crippen LogP contribution in [0.1, 0.15) is 72.9 Å². The van der Waals surface area contributed by atoms with E-state index in [1.165, 1.54) is 24.1 Å². The van der Waals surface area contributed by atoms with Crippen molar-refractivity contribution >= 4 is 40.9 Å². The van der Waals surface area contributed by atoms with Crippen LogP contribution in [0, 0.1) is 22.6 Å². The smallest absolute Gasteiger partial charge is 0.225 e. The first kappa shape index (κ1) is 40.6. The molecule has 0 bridgehead atoms. The molecule has 0 aliphatic heterocycles. The molecule has 2 aromatic rings. The van der Waals surface area contributed by atoms with Gasteiger partial charge in [0.1, 0.15) is 12.4 Å². The van der Waals surface area contributed by atoms with Crippen LogP contribution in [0.15, 0.2) is 36.4 Å². The van der Waals surface area contributed by atoms with Crippen molar-refractivity contribution in [1.29, 1.82) is 5.26 Å². The van der Waals surface area contributed by atoms with Gasteiger partial charge in [-0.25, -0.2) is 4.39 Å². The zero-order chi connectivity index (χ0) is 33.3. The molecule has 0 unspecified atom stereocenters. The number of anilines is 2. The van der Waals surface area contributed by atoms with Crippen molar-refractivity contribution in [3.05, 3.63) is 53.3 Å². The van der Waals surface area contributed by atoms with Crippen LogP contribution in [0.3, 0.4) is 0 Å². The van der Waals surface area contributed by atoms with Gasteiger partial charge in [-0.3, -0.25) is 4.79 Å². The van der Waals surface area contributed by atoms with Gasteiger partial charge in [0.2, 0.25) is 5.91 Å². The van der Waals surface area contributed by atoms with E-state index in [4.69, 9.17) is 22.1 Å². The maximum atomic E-state index is 15.2. The highest BCUT2D eigenvalue weighted by Gasteiger charge is 2.33. The summed E-state index contributed by atoms with van der Waals surface area (Å²) in [7, 11) is 5.51. The Labute approximate surface area is 257 Å². The number of nitriles is 1. The maximum absolute atomic E-state index is 15.2. The van der Waals surface area contributed by atoms with E-state index in [1.54, 1.807) is 32.8 Å². The molecule has 2 N–H and O–H groups in total. The van der Waals surface area contributed by atoms with E-state index in [1.807, 2.05) is 71.9 Å². The molecule has 42 heavy (non-hydrogen) atoms. The lowest BCUT2D eigenvalue weighted by molar-refractivity contribution is -0.129. The summed E-state index contributed by atoms with van der Waals surface area (Å²) in [5.74, 6) is -0.910. The predicted octanol–water partition coefficient (Wildman–Crippen LogP) is 6.28. The molecule has 0 heterocycles. The normalized spacial score (nSPS) is 10.1. The number of aliphatic hydroxyl groups is 1. The Kier molecular flexibility index (Phi) is 18.9. The molecule has 234 valence electrons. The number of carbonyl (C=O) groups is 2. The third-order valence-electron chi connectivity index (χ3n) is 6.18. The van der Waals surface area contributed by atoms with Crippen LogP contribution in [0.5, 0.6) is 5.75 Å². The van der Waals surface area contributed by atoms with Crippen LogP contribution in [0.4, 0.5) is 15.8 Å². The number of ether oxygens (including phenoxy) is 1. The standard InChI is InChI=1S/C27H33FN4O3S.2C2H6.CH4O/c1-26(2,24(34)30-5)15-14-18-8-11-20(12-9-18)32(27(3,4)17-33)25(36)31(6)21-13-10-19(16-29)23(35-7)22(21)28;3*1-2/h8-13,17H,14-15H2,1-7H3,(H,30,34);2*1-2H3;2H,1H3. The minimum absolute atomic E-state index is 0.0157. The fraction of sp³-hybridized carbons (Fsp3) is 0.500. The molecule has 0 fully saturated rings. The Morgan fingerprint density at radius 1 is 1.10 bits per heavy atom. The van der Waals surface area contributed by atoms with Crippen LogP contribution in [-0.4, -0.2) is 56.3 Å². The van der Waals surface area contributed by atoms with Crippen molar-refractivity contribution in [2.45, 2.75) is 73.8 Å². The summed E-state index contributed by atoms with van der Waals surface area (Å²) in [5.41, 5.74) is 0.311. The number of rotatable bonds is 9. The van der Waals surface area contributed by atoms with Crippen LogP contribution < -0.4 is 19.9 Å². The lowest BCUT2D eigenvalue weighted by atomic mass is 9.85. The number of aryl methyl sites for hydroxylation is 1. The topological polar surface area (TPSA) is 106 Å². The largest absolute Gasteiger partial charge is 0.492 e. The van der Waals surface area contributed by atoms with E-state index in [9.17, 15) is 14.9 Å². The van der Waals surface area contributed by atoms with Crippen LogP contribution >= 0.6 is 12.2 Å². The highest BCUT2D eigenvalue weighted by molar-refractivity contribution is 7.80. The number of thiocarbonyl (C=S) groups is 1. The van der Waals surface area contributed by atoms with Gasteiger partial charge in [0.05, 0.1) is 23.9 Å². The molecule has 0 saturated carbocycles. The molecule has 0 aliphatic rings. The average Bonchev–Trinajstić information content (AvgIpc) is 3.02. The van der Waals surface area contributed by atoms with E-state index >= 15 is 4.39 Å². The molecule has 2 rings (SSSR count). The molecule has 0 atom stereocenters. The summed E-state index contributed by atoms with van der Waals surface area (Å²) in [5, 5.41) is 19.1. The number of methoxy groups -OCH3 is 1. The third-order valence-corrected chi connectivity index (χ3v) is 6.64. The van der Waals surface area contributed by atoms with Crippen LogP contribution in [0.25, 0.3) is 0 Å². The Morgan fingerprint density at radius 3 is 2.05 bits per heavy atom. The van der Waals surface area contributed by atoms with Crippen molar-refractivity contribution in [2.24, 2.45) is 5.41 Å². The average molecular weight is 605 g/mol. The summed E-state index contributed by atoms with van der Waals surface area (Å²) >= 11 is 5.73. The molecular formula is C32H49FN4O4S. The summed E-state index contributed by atoms with van der Waals surface area (Å²) in [4.78, 5) is 27.2. The SMILES string of the molecule is CC.CC.CNC(=O)C(C)(C)CCc1ccc(N(C(=S)N(C)c2ccc(C#N)c(OC)c2F)C(C)(C)C=O)cc1.CO. The van der Waals surface area contributed by atoms with Gasteiger partial charge in [-0.1, -0.05) is 53.7 Å². The van der Waals surface area contributed by atoms with E-state index in [2.05, 4.69) is 5.32 Å². The zero-order valence-corrected chi connectivity index (χ0v) is 28.1. The number of nitrogens with one attached hydrogen (secondary N) is 1. The minimum atomic E-state index is -1.04. The van der Waals surface area contributed by atoms with Gasteiger partial charge in [0.25, 0.3) is 0 Å². The number of halogens is 1. The van der Waals surface area contributed by atoms with Crippen molar-refractivity contribution < 1.29 is 23.8 Å². The summed E-state index contributed by atoms with van der Waals surface area (Å²) in [6.45, 7) is 15.2. The van der Waals surface area contributed by atoms with Gasteiger partial charge in [-0.15, -0.1) is 0 Å². The highest BCUT2D eigenvalue weighted by atomic mass is 32.1. The lowest BCUT2D eigenvalue weighted by Crippen LogP contribution is -2.54. The first-order valence-corrected chi connectivity index (χ1v) is 14.3. The molecule has 2 aromatic carbocycles. The fourth-order valence-electron chi connectivity index (χ4n) is 3.81. The van der Waals surface area contributed by atoms with Crippen LogP contribution in [0.2, 0.25) is 0 Å². The highest BCUT2D eigenvalue weighted by Crippen LogP contribution is 2.33. The van der Waals surface area contributed by atoms with Crippen molar-refractivity contribution in [1.82, 2.24) is 5.32 Å². The number of nitrogens with zero attached hydrogens (tertiary/aromatic N) is 3. The predicted molar refractivity (Wildman–Crippen MR) is 175 cm³/mol. The van der Waals surface area contributed by atoms with Gasteiger partial charge in [-0.2, -0.15) is 5.26 Å². The van der Waals surface area contributed by atoms with Gasteiger partial charge in [0.15, 0.2) is 16.7 Å². The molecule has 0 radical (unpaired) electrons. The Morgan fingerprint density at radius 2 is 1.62 bits per heavy atom. The monoisotopic (exact) mass is 604 g/mol. The Balaban J connectivity index is 0. The second kappa shape index (κ2) is 19.5. The Bertz CT molecular complexity index is 1180. The molecule has 8 nitrogen and oxygen atoms in total. The van der Waals surface area contributed by atoms with Gasteiger partial charge >= 0.3 is 0 Å². The minimum Gasteiger partial charge on any atom is -0.492 e. The first-order chi connectivity index (χ1) is 19.8. The van der Waals surface area contributed by atoms with Gasteiger partial charge < -0.3 is 29.8 Å². The van der Waals surface area contributed by atoms with Gasteiger partial charge in [-0.05, 0) is 68.7 Å². The maximum Gasteiger partial charge on any atom is 0.225 e. The van der Waals surface area contributed by atoms with E-state index in [-0.39, 0.29) is 28.0 Å². The van der Waals surface area contributed by atoms with Crippen molar-refractivity contribution in [2.75, 3.05) is 38.1 Å². The zero-order valence-electron chi connectivity index (χ0n) is 27.3. The van der Waals surface area contributed by atoms with Crippen LogP contribution in [-0.2, 0) is 16.0 Å². The van der Waals surface area contributed by atoms with Gasteiger partial charge in [0, 0.05) is 32.3 Å². The number of benzene rings is 2. The van der Waals surface area contributed by atoms with E-state index in [0.717, 1.165) is 19.0 Å². The number of amides is 1. The summed E-state index contributed by atoms with van der Waals surface area (Å²) in [6, 6.07) is 12.4. The first-order valence-electron chi connectivity index (χ1n) is 13.9. The molecule has 10 heteroatoms. The van der Waals surface area contributed by atoms with Crippen molar-refractivity contribution in [3.63, 3.8) is 0 Å². The van der Waals surface area contributed by atoms with E-state index < -0.39 is 16.8 Å². The number of hydrogen-bond acceptors (Lipinski definition) is 6. The van der Waals surface area contributed by atoms with E-state index in [0.29, 0.717) is 18.5 Å². The molecule has 0 saturated heterocycles. The van der Waals surface area contributed by atoms with Crippen molar-refractivity contribution in [3.8, 4) is 11.8 Å². The molecule has 1 amide bonds. The quantitative estimate of drug-likeness (QED) is 0.255. The molecule has 0 aromatic heterocycles. The second-order valence-corrected chi connectivity index (χ2v) is 10.0. The molecule has 0 spiro atoms. The summed E-state index contributed by atoms with van der Waals surface area (Å²) < 4.78 is 20.3. The number of carbonyl (C=O) groups excluding carboxylic acids is 2. The third kappa shape index (κ3) is 10.4.